The summed E-state index contributed by atoms with van der Waals surface area (Å²) in [6.07, 6.45) is 3.91. The minimum Gasteiger partial charge on any atom is -0.340 e. The summed E-state index contributed by atoms with van der Waals surface area (Å²) in [6.45, 7) is 6.02. The maximum absolute atomic E-state index is 5.91. The number of aryl methyl sites for hydroxylation is 1. The van der Waals surface area contributed by atoms with E-state index in [2.05, 4.69) is 25.0 Å². The van der Waals surface area contributed by atoms with Crippen LogP contribution in [-0.2, 0) is 6.42 Å². The minimum absolute atomic E-state index is 0.0997. The standard InChI is InChI=1S/C13H17N7/c1-7(14)4-10-8(2)19-20(9(10)3)13-11-12(16-5-15-11)17-6-18-13/h5-7H,4,14H2,1-3H3,(H,15,16,17,18). The van der Waals surface area contributed by atoms with Crippen molar-refractivity contribution < 1.29 is 0 Å². The smallest absolute Gasteiger partial charge is 0.182 e. The number of nitrogens with two attached hydrogens (primary N) is 1. The predicted molar refractivity (Wildman–Crippen MR) is 75.6 cm³/mol. The number of hydrogen-bond donors (Lipinski definition) is 2. The molecular weight excluding hydrogens is 254 g/mol. The van der Waals surface area contributed by atoms with E-state index in [-0.39, 0.29) is 6.04 Å². The average Bonchev–Trinajstić information content (AvgIpc) is 2.98. The van der Waals surface area contributed by atoms with Gasteiger partial charge in [0.05, 0.1) is 12.0 Å². The molecule has 0 saturated carbocycles. The van der Waals surface area contributed by atoms with E-state index in [1.54, 1.807) is 6.33 Å². The van der Waals surface area contributed by atoms with Crippen molar-refractivity contribution in [3.8, 4) is 5.82 Å². The zero-order valence-corrected chi connectivity index (χ0v) is 11.8. The van der Waals surface area contributed by atoms with Crippen LogP contribution in [0.4, 0.5) is 0 Å². The van der Waals surface area contributed by atoms with Gasteiger partial charge < -0.3 is 10.7 Å². The Morgan fingerprint density at radius 2 is 2.10 bits per heavy atom. The summed E-state index contributed by atoms with van der Waals surface area (Å²) in [5, 5.41) is 4.59. The van der Waals surface area contributed by atoms with Crippen molar-refractivity contribution in [2.24, 2.45) is 5.73 Å². The molecular formula is C13H17N7. The Morgan fingerprint density at radius 3 is 2.85 bits per heavy atom. The Labute approximate surface area is 116 Å². The van der Waals surface area contributed by atoms with Gasteiger partial charge in [-0.3, -0.25) is 0 Å². The van der Waals surface area contributed by atoms with Gasteiger partial charge >= 0.3 is 0 Å². The summed E-state index contributed by atoms with van der Waals surface area (Å²) in [6, 6.07) is 0.0997. The highest BCUT2D eigenvalue weighted by atomic mass is 15.3. The van der Waals surface area contributed by atoms with Gasteiger partial charge in [0.1, 0.15) is 11.8 Å². The lowest BCUT2D eigenvalue weighted by Gasteiger charge is -2.07. The van der Waals surface area contributed by atoms with E-state index in [9.17, 15) is 0 Å². The quantitative estimate of drug-likeness (QED) is 0.741. The van der Waals surface area contributed by atoms with Gasteiger partial charge in [-0.25, -0.2) is 19.6 Å². The van der Waals surface area contributed by atoms with Gasteiger partial charge in [0.2, 0.25) is 0 Å². The van der Waals surface area contributed by atoms with Crippen molar-refractivity contribution >= 4 is 11.2 Å². The molecule has 1 unspecified atom stereocenters. The number of aromatic amines is 1. The van der Waals surface area contributed by atoms with Crippen LogP contribution < -0.4 is 5.73 Å². The molecule has 0 spiro atoms. The van der Waals surface area contributed by atoms with Crippen molar-refractivity contribution in [3.63, 3.8) is 0 Å². The summed E-state index contributed by atoms with van der Waals surface area (Å²) in [5.41, 5.74) is 10.5. The molecule has 3 heterocycles. The number of imidazole rings is 1. The maximum atomic E-state index is 5.91. The zero-order chi connectivity index (χ0) is 14.3. The van der Waals surface area contributed by atoms with Crippen molar-refractivity contribution in [1.29, 1.82) is 0 Å². The monoisotopic (exact) mass is 271 g/mol. The Balaban J connectivity index is 2.18. The van der Waals surface area contributed by atoms with Crippen LogP contribution in [0, 0.1) is 13.8 Å². The molecule has 20 heavy (non-hydrogen) atoms. The summed E-state index contributed by atoms with van der Waals surface area (Å²) < 4.78 is 1.83. The molecule has 0 aliphatic heterocycles. The first kappa shape index (κ1) is 12.7. The second-order valence-electron chi connectivity index (χ2n) is 5.04. The molecule has 0 aromatic carbocycles. The highest BCUT2D eigenvalue weighted by Gasteiger charge is 2.17. The molecule has 3 aromatic heterocycles. The third-order valence-electron chi connectivity index (χ3n) is 3.37. The normalized spacial score (nSPS) is 13.0. The largest absolute Gasteiger partial charge is 0.340 e. The molecule has 104 valence electrons. The van der Waals surface area contributed by atoms with Crippen LogP contribution in [0.25, 0.3) is 17.0 Å². The Kier molecular flexibility index (Phi) is 2.98. The molecule has 7 heteroatoms. The van der Waals surface area contributed by atoms with E-state index in [0.717, 1.165) is 23.3 Å². The molecule has 0 saturated heterocycles. The Hall–Kier alpha value is -2.28. The van der Waals surface area contributed by atoms with Crippen LogP contribution in [0.2, 0.25) is 0 Å². The molecule has 3 aromatic rings. The van der Waals surface area contributed by atoms with Gasteiger partial charge in [-0.05, 0) is 32.8 Å². The summed E-state index contributed by atoms with van der Waals surface area (Å²) in [4.78, 5) is 15.7. The topological polar surface area (TPSA) is 98.3 Å². The fourth-order valence-electron chi connectivity index (χ4n) is 2.41. The molecule has 0 fully saturated rings. The molecule has 3 rings (SSSR count). The molecule has 0 aliphatic carbocycles. The van der Waals surface area contributed by atoms with Gasteiger partial charge in [-0.2, -0.15) is 5.10 Å². The minimum atomic E-state index is 0.0997. The van der Waals surface area contributed by atoms with Crippen LogP contribution in [0.5, 0.6) is 0 Å². The highest BCUT2D eigenvalue weighted by molar-refractivity contribution is 5.77. The second-order valence-corrected chi connectivity index (χ2v) is 5.04. The van der Waals surface area contributed by atoms with Gasteiger partial charge in [0.15, 0.2) is 11.5 Å². The molecule has 0 radical (unpaired) electrons. The summed E-state index contributed by atoms with van der Waals surface area (Å²) in [5.74, 6) is 0.712. The maximum Gasteiger partial charge on any atom is 0.182 e. The van der Waals surface area contributed by atoms with Gasteiger partial charge in [0, 0.05) is 11.7 Å². The van der Waals surface area contributed by atoms with E-state index in [1.165, 1.54) is 11.9 Å². The van der Waals surface area contributed by atoms with Gasteiger partial charge in [-0.15, -0.1) is 0 Å². The van der Waals surface area contributed by atoms with Crippen LogP contribution in [0.1, 0.15) is 23.9 Å². The van der Waals surface area contributed by atoms with Crippen LogP contribution in [-0.4, -0.2) is 35.8 Å². The number of rotatable bonds is 3. The highest BCUT2D eigenvalue weighted by Crippen LogP contribution is 2.21. The summed E-state index contributed by atoms with van der Waals surface area (Å²) >= 11 is 0. The molecule has 0 amide bonds. The van der Waals surface area contributed by atoms with E-state index in [4.69, 9.17) is 5.73 Å². The van der Waals surface area contributed by atoms with E-state index < -0.39 is 0 Å². The van der Waals surface area contributed by atoms with Gasteiger partial charge in [-0.1, -0.05) is 0 Å². The first-order valence-electron chi connectivity index (χ1n) is 6.53. The number of H-pyrrole nitrogens is 1. The number of aromatic nitrogens is 6. The Morgan fingerprint density at radius 1 is 1.30 bits per heavy atom. The number of hydrogen-bond acceptors (Lipinski definition) is 5. The lowest BCUT2D eigenvalue weighted by Crippen LogP contribution is -2.18. The van der Waals surface area contributed by atoms with E-state index >= 15 is 0 Å². The van der Waals surface area contributed by atoms with E-state index in [1.807, 2.05) is 25.5 Å². The first-order valence-corrected chi connectivity index (χ1v) is 6.53. The lowest BCUT2D eigenvalue weighted by molar-refractivity contribution is 0.730. The fraction of sp³-hybridized carbons (Fsp3) is 0.385. The number of nitrogens with zero attached hydrogens (tertiary/aromatic N) is 5. The molecule has 0 aliphatic rings. The third kappa shape index (κ3) is 1.96. The van der Waals surface area contributed by atoms with Crippen LogP contribution >= 0.6 is 0 Å². The second kappa shape index (κ2) is 4.68. The van der Waals surface area contributed by atoms with Crippen molar-refractivity contribution in [2.45, 2.75) is 33.2 Å². The van der Waals surface area contributed by atoms with Crippen LogP contribution in [0.15, 0.2) is 12.7 Å². The Bertz CT molecular complexity index is 753. The van der Waals surface area contributed by atoms with Crippen molar-refractivity contribution in [3.05, 3.63) is 29.6 Å². The lowest BCUT2D eigenvalue weighted by atomic mass is 10.1. The molecule has 7 nitrogen and oxygen atoms in total. The average molecular weight is 271 g/mol. The van der Waals surface area contributed by atoms with Crippen molar-refractivity contribution in [2.75, 3.05) is 0 Å². The van der Waals surface area contributed by atoms with Crippen molar-refractivity contribution in [1.82, 2.24) is 29.7 Å². The molecule has 3 N–H and O–H groups in total. The van der Waals surface area contributed by atoms with Crippen LogP contribution in [0.3, 0.4) is 0 Å². The molecule has 0 bridgehead atoms. The zero-order valence-electron chi connectivity index (χ0n) is 11.8. The van der Waals surface area contributed by atoms with Gasteiger partial charge in [0.25, 0.3) is 0 Å². The number of fused-ring (bicyclic) bond motifs is 1. The molecule has 1 atom stereocenters. The number of nitrogens with one attached hydrogen (secondary N) is 1. The van der Waals surface area contributed by atoms with E-state index in [0.29, 0.717) is 11.5 Å². The summed E-state index contributed by atoms with van der Waals surface area (Å²) in [7, 11) is 0. The fourth-order valence-corrected chi connectivity index (χ4v) is 2.41. The SMILES string of the molecule is Cc1nn(-c2ncnc3nc[nH]c23)c(C)c1CC(C)N. The third-order valence-corrected chi connectivity index (χ3v) is 3.37. The first-order chi connectivity index (χ1) is 9.58. The predicted octanol–water partition coefficient (Wildman–Crippen LogP) is 1.05.